The monoisotopic (exact) mass is 313 g/mol. The van der Waals surface area contributed by atoms with Crippen LogP contribution in [0.5, 0.6) is 5.75 Å². The Labute approximate surface area is 134 Å². The van der Waals surface area contributed by atoms with E-state index in [0.717, 1.165) is 11.1 Å². The average Bonchev–Trinajstić information content (AvgIpc) is 2.60. The van der Waals surface area contributed by atoms with E-state index in [1.54, 1.807) is 31.4 Å². The first-order valence-electron chi connectivity index (χ1n) is 7.13. The molecule has 23 heavy (non-hydrogen) atoms. The summed E-state index contributed by atoms with van der Waals surface area (Å²) in [5.74, 6) is -0.739. The van der Waals surface area contributed by atoms with E-state index in [9.17, 15) is 9.59 Å². The van der Waals surface area contributed by atoms with E-state index in [4.69, 9.17) is 10.5 Å². The summed E-state index contributed by atoms with van der Waals surface area (Å²) in [4.78, 5) is 23.7. The van der Waals surface area contributed by atoms with Gasteiger partial charge in [0.1, 0.15) is 5.75 Å². The van der Waals surface area contributed by atoms with Crippen LogP contribution in [-0.2, 0) is 22.7 Å². The molecule has 0 fully saturated rings. The smallest absolute Gasteiger partial charge is 0.313 e. The number of carbonyl (C=O) groups excluding carboxylic acids is 2. The summed E-state index contributed by atoms with van der Waals surface area (Å²) in [6, 6.07) is 14.2. The standard InChI is InChI=1S/C17H19N3O3/c1-23-15-7-5-14(6-8-15)20-17(22)16(21)19-11-13-4-2-3-12(9-13)10-18/h2-9H,10-11,18H2,1H3,(H,19,21)(H,20,22). The van der Waals surface area contributed by atoms with E-state index in [0.29, 0.717) is 18.0 Å². The molecule has 2 rings (SSSR count). The topological polar surface area (TPSA) is 93.4 Å². The number of methoxy groups -OCH3 is 1. The first-order chi connectivity index (χ1) is 11.1. The molecule has 0 radical (unpaired) electrons. The Morgan fingerprint density at radius 1 is 1.04 bits per heavy atom. The summed E-state index contributed by atoms with van der Waals surface area (Å²) in [5, 5.41) is 5.10. The fourth-order valence-electron chi connectivity index (χ4n) is 1.99. The minimum atomic E-state index is -0.717. The van der Waals surface area contributed by atoms with Crippen LogP contribution in [0.15, 0.2) is 48.5 Å². The van der Waals surface area contributed by atoms with Gasteiger partial charge in [-0.25, -0.2) is 0 Å². The number of amides is 2. The van der Waals surface area contributed by atoms with Crippen LogP contribution in [0.3, 0.4) is 0 Å². The highest BCUT2D eigenvalue weighted by molar-refractivity contribution is 6.39. The van der Waals surface area contributed by atoms with E-state index in [2.05, 4.69) is 10.6 Å². The molecule has 0 aromatic heterocycles. The van der Waals surface area contributed by atoms with Crippen molar-refractivity contribution in [2.75, 3.05) is 12.4 Å². The molecule has 4 N–H and O–H groups in total. The minimum Gasteiger partial charge on any atom is -0.497 e. The molecule has 6 nitrogen and oxygen atoms in total. The van der Waals surface area contributed by atoms with Crippen molar-refractivity contribution >= 4 is 17.5 Å². The molecule has 0 atom stereocenters. The second-order valence-electron chi connectivity index (χ2n) is 4.89. The van der Waals surface area contributed by atoms with Gasteiger partial charge in [-0.15, -0.1) is 0 Å². The molecule has 2 amide bonds. The number of benzene rings is 2. The van der Waals surface area contributed by atoms with Crippen LogP contribution in [0, 0.1) is 0 Å². The largest absolute Gasteiger partial charge is 0.497 e. The fourth-order valence-corrected chi connectivity index (χ4v) is 1.99. The summed E-state index contributed by atoms with van der Waals surface area (Å²) in [7, 11) is 1.56. The third-order valence-electron chi connectivity index (χ3n) is 3.23. The molecule has 0 bridgehead atoms. The zero-order valence-corrected chi connectivity index (χ0v) is 12.8. The zero-order chi connectivity index (χ0) is 16.7. The average molecular weight is 313 g/mol. The lowest BCUT2D eigenvalue weighted by molar-refractivity contribution is -0.136. The highest BCUT2D eigenvalue weighted by Crippen LogP contribution is 2.14. The number of rotatable bonds is 5. The number of anilines is 1. The van der Waals surface area contributed by atoms with E-state index in [-0.39, 0.29) is 6.54 Å². The molecular weight excluding hydrogens is 294 g/mol. The SMILES string of the molecule is COc1ccc(NC(=O)C(=O)NCc2cccc(CN)c2)cc1. The van der Waals surface area contributed by atoms with Crippen LogP contribution in [-0.4, -0.2) is 18.9 Å². The van der Waals surface area contributed by atoms with E-state index >= 15 is 0 Å². The Kier molecular flexibility index (Phi) is 5.71. The van der Waals surface area contributed by atoms with Crippen molar-refractivity contribution in [3.8, 4) is 5.75 Å². The van der Waals surface area contributed by atoms with Crippen LogP contribution in [0.2, 0.25) is 0 Å². The molecular formula is C17H19N3O3. The van der Waals surface area contributed by atoms with Gasteiger partial charge < -0.3 is 21.1 Å². The van der Waals surface area contributed by atoms with Crippen LogP contribution >= 0.6 is 0 Å². The molecule has 0 heterocycles. The lowest BCUT2D eigenvalue weighted by Gasteiger charge is -2.08. The van der Waals surface area contributed by atoms with Gasteiger partial charge in [0.2, 0.25) is 0 Å². The van der Waals surface area contributed by atoms with Crippen molar-refractivity contribution in [3.63, 3.8) is 0 Å². The predicted molar refractivity (Wildman–Crippen MR) is 87.8 cm³/mol. The number of hydrogen-bond donors (Lipinski definition) is 3. The lowest BCUT2D eigenvalue weighted by Crippen LogP contribution is -2.34. The van der Waals surface area contributed by atoms with Gasteiger partial charge in [-0.2, -0.15) is 0 Å². The van der Waals surface area contributed by atoms with Crippen molar-refractivity contribution < 1.29 is 14.3 Å². The van der Waals surface area contributed by atoms with Gasteiger partial charge in [0.25, 0.3) is 0 Å². The van der Waals surface area contributed by atoms with Gasteiger partial charge >= 0.3 is 11.8 Å². The number of hydrogen-bond acceptors (Lipinski definition) is 4. The van der Waals surface area contributed by atoms with E-state index in [1.165, 1.54) is 0 Å². The predicted octanol–water partition coefficient (Wildman–Crippen LogP) is 1.41. The Balaban J connectivity index is 1.87. The molecule has 0 aliphatic heterocycles. The Morgan fingerprint density at radius 2 is 1.74 bits per heavy atom. The van der Waals surface area contributed by atoms with Crippen molar-refractivity contribution in [1.29, 1.82) is 0 Å². The van der Waals surface area contributed by atoms with Crippen molar-refractivity contribution in [3.05, 3.63) is 59.7 Å². The second kappa shape index (κ2) is 7.95. The third-order valence-corrected chi connectivity index (χ3v) is 3.23. The summed E-state index contributed by atoms with van der Waals surface area (Å²) in [6.07, 6.45) is 0. The maximum Gasteiger partial charge on any atom is 0.313 e. The number of carbonyl (C=O) groups is 2. The highest BCUT2D eigenvalue weighted by atomic mass is 16.5. The molecule has 0 spiro atoms. The molecule has 0 saturated carbocycles. The third kappa shape index (κ3) is 4.82. The Bertz CT molecular complexity index is 684. The van der Waals surface area contributed by atoms with Crippen molar-refractivity contribution in [2.45, 2.75) is 13.1 Å². The molecule has 0 aliphatic rings. The minimum absolute atomic E-state index is 0.267. The highest BCUT2D eigenvalue weighted by Gasteiger charge is 2.13. The Hall–Kier alpha value is -2.86. The second-order valence-corrected chi connectivity index (χ2v) is 4.89. The molecule has 0 aliphatic carbocycles. The summed E-state index contributed by atoms with van der Waals surface area (Å²) >= 11 is 0. The molecule has 2 aromatic carbocycles. The van der Waals surface area contributed by atoms with Crippen molar-refractivity contribution in [2.24, 2.45) is 5.73 Å². The van der Waals surface area contributed by atoms with Gasteiger partial charge in [0, 0.05) is 18.8 Å². The molecule has 6 heteroatoms. The van der Waals surface area contributed by atoms with Gasteiger partial charge in [-0.1, -0.05) is 24.3 Å². The van der Waals surface area contributed by atoms with Crippen LogP contribution < -0.4 is 21.1 Å². The lowest BCUT2D eigenvalue weighted by atomic mass is 10.1. The summed E-state index contributed by atoms with van der Waals surface area (Å²) in [6.45, 7) is 0.697. The maximum atomic E-state index is 11.8. The number of nitrogens with one attached hydrogen (secondary N) is 2. The van der Waals surface area contributed by atoms with Gasteiger partial charge in [0.15, 0.2) is 0 Å². The summed E-state index contributed by atoms with van der Waals surface area (Å²) < 4.78 is 5.03. The van der Waals surface area contributed by atoms with Gasteiger partial charge in [-0.05, 0) is 35.4 Å². The Morgan fingerprint density at radius 3 is 2.39 bits per heavy atom. The van der Waals surface area contributed by atoms with Crippen LogP contribution in [0.4, 0.5) is 5.69 Å². The zero-order valence-electron chi connectivity index (χ0n) is 12.8. The maximum absolute atomic E-state index is 11.8. The molecule has 0 saturated heterocycles. The van der Waals surface area contributed by atoms with Gasteiger partial charge in [0.05, 0.1) is 7.11 Å². The summed E-state index contributed by atoms with van der Waals surface area (Å²) in [5.41, 5.74) is 7.95. The molecule has 2 aromatic rings. The molecule has 120 valence electrons. The molecule has 0 unspecified atom stereocenters. The fraction of sp³-hybridized carbons (Fsp3) is 0.176. The number of nitrogens with two attached hydrogens (primary N) is 1. The van der Waals surface area contributed by atoms with Gasteiger partial charge in [-0.3, -0.25) is 9.59 Å². The quantitative estimate of drug-likeness (QED) is 0.728. The van der Waals surface area contributed by atoms with Crippen LogP contribution in [0.1, 0.15) is 11.1 Å². The van der Waals surface area contributed by atoms with Crippen molar-refractivity contribution in [1.82, 2.24) is 5.32 Å². The number of ether oxygens (including phenoxy) is 1. The van der Waals surface area contributed by atoms with E-state index in [1.807, 2.05) is 24.3 Å². The van der Waals surface area contributed by atoms with E-state index < -0.39 is 11.8 Å². The first kappa shape index (κ1) is 16.5. The van der Waals surface area contributed by atoms with Crippen LogP contribution in [0.25, 0.3) is 0 Å². The first-order valence-corrected chi connectivity index (χ1v) is 7.13. The normalized spacial score (nSPS) is 10.0.